The van der Waals surface area contributed by atoms with Crippen LogP contribution in [-0.4, -0.2) is 86.7 Å². The Morgan fingerprint density at radius 2 is 1.88 bits per heavy atom. The van der Waals surface area contributed by atoms with Gasteiger partial charge >= 0.3 is 5.97 Å². The highest BCUT2D eigenvalue weighted by molar-refractivity contribution is 7.60. The Morgan fingerprint density at radius 1 is 1.14 bits per heavy atom. The van der Waals surface area contributed by atoms with Gasteiger partial charge in [-0.15, -0.1) is 17.9 Å². The fraction of sp³-hybridized carbons (Fsp3) is 0.614. The second-order valence-corrected chi connectivity index (χ2v) is 21.4. The van der Waals surface area contributed by atoms with E-state index in [0.29, 0.717) is 41.2 Å². The molecule has 14 heteroatoms. The highest BCUT2D eigenvalue weighted by Crippen LogP contribution is 2.73. The molecule has 316 valence electrons. The summed E-state index contributed by atoms with van der Waals surface area (Å²) in [5.41, 5.74) is 1.24. The van der Waals surface area contributed by atoms with Crippen molar-refractivity contribution in [1.29, 1.82) is 0 Å². The molecule has 6 rings (SSSR count). The number of methoxy groups -OCH3 is 1. The highest BCUT2D eigenvalue weighted by atomic mass is 32.1. The maximum atomic E-state index is 14.9. The van der Waals surface area contributed by atoms with Crippen LogP contribution >= 0.6 is 18.7 Å². The van der Waals surface area contributed by atoms with Crippen LogP contribution in [0.3, 0.4) is 0 Å². The topological polar surface area (TPSA) is 157 Å². The standard InChI is InChI=1S/C44H61N4O8PS/c1-9-11-18-57(52,53)44(23-28(44)10-2)24-38(49)37-20-31(25-48(37)41(51)33(43(5,6)7)21-40(50)56-29-14-12-13-15-29)55-39-22-35(36-26-58-42(47-36)45-27(3)4)46-34-19-30(54-8)16-17-32(34)39/h10,16-17,19,22,26-29,31,33,37H,2,9,11-15,18,20-21,23-25H2,1,3-8H3,(H,45,47)(H,52,53)/t28-,31-,33-,37+,44-/m1/s1. The predicted molar refractivity (Wildman–Crippen MR) is 229 cm³/mol. The van der Waals surface area contributed by atoms with E-state index in [-0.39, 0.29) is 61.7 Å². The van der Waals surface area contributed by atoms with Crippen molar-refractivity contribution in [2.45, 2.75) is 135 Å². The van der Waals surface area contributed by atoms with Crippen molar-refractivity contribution in [1.82, 2.24) is 14.9 Å². The molecule has 2 saturated carbocycles. The van der Waals surface area contributed by atoms with E-state index in [1.807, 2.05) is 71.2 Å². The lowest BCUT2D eigenvalue weighted by molar-refractivity contribution is -0.156. The van der Waals surface area contributed by atoms with Crippen molar-refractivity contribution in [2.24, 2.45) is 17.3 Å². The van der Waals surface area contributed by atoms with Crippen LogP contribution in [0.5, 0.6) is 11.5 Å². The minimum absolute atomic E-state index is 0.0818. The van der Waals surface area contributed by atoms with Crippen LogP contribution < -0.4 is 14.8 Å². The lowest BCUT2D eigenvalue weighted by Crippen LogP contribution is -2.48. The Morgan fingerprint density at radius 3 is 2.52 bits per heavy atom. The number of rotatable bonds is 18. The van der Waals surface area contributed by atoms with Gasteiger partial charge in [-0.25, -0.2) is 9.97 Å². The maximum Gasteiger partial charge on any atom is 0.306 e. The number of nitrogens with zero attached hydrogens (tertiary/aromatic N) is 3. The van der Waals surface area contributed by atoms with E-state index in [4.69, 9.17) is 24.2 Å². The van der Waals surface area contributed by atoms with Gasteiger partial charge in [-0.05, 0) is 75.8 Å². The average Bonchev–Trinajstić information content (AvgIpc) is 3.57. The number of unbranched alkanes of at least 4 members (excludes halogenated alkanes) is 1. The third kappa shape index (κ3) is 9.63. The summed E-state index contributed by atoms with van der Waals surface area (Å²) in [4.78, 5) is 65.6. The van der Waals surface area contributed by atoms with Crippen LogP contribution in [0.1, 0.15) is 106 Å². The summed E-state index contributed by atoms with van der Waals surface area (Å²) in [6.07, 6.45) is 6.34. The number of hydrogen-bond donors (Lipinski definition) is 2. The van der Waals surface area contributed by atoms with Crippen LogP contribution in [0.4, 0.5) is 5.13 Å². The average molecular weight is 837 g/mol. The van der Waals surface area contributed by atoms with E-state index in [1.54, 1.807) is 18.1 Å². The first-order chi connectivity index (χ1) is 27.5. The summed E-state index contributed by atoms with van der Waals surface area (Å²) in [7, 11) is -2.16. The molecule has 1 aromatic carbocycles. The summed E-state index contributed by atoms with van der Waals surface area (Å²) in [5.74, 6) is -0.947. The minimum Gasteiger partial charge on any atom is -0.497 e. The molecule has 6 atom stereocenters. The molecule has 2 aromatic heterocycles. The van der Waals surface area contributed by atoms with Crippen molar-refractivity contribution in [3.05, 3.63) is 42.3 Å². The van der Waals surface area contributed by atoms with Crippen LogP contribution in [0.2, 0.25) is 0 Å². The fourth-order valence-electron chi connectivity index (χ4n) is 8.59. The molecule has 3 aromatic rings. The molecule has 0 radical (unpaired) electrons. The van der Waals surface area contributed by atoms with Gasteiger partial charge in [0.2, 0.25) is 13.3 Å². The van der Waals surface area contributed by atoms with Crippen LogP contribution in [0.15, 0.2) is 42.3 Å². The van der Waals surface area contributed by atoms with Crippen LogP contribution in [0, 0.1) is 17.3 Å². The predicted octanol–water partition coefficient (Wildman–Crippen LogP) is 9.05. The van der Waals surface area contributed by atoms with E-state index in [9.17, 15) is 23.8 Å². The number of fused-ring (bicyclic) bond motifs is 1. The number of benzene rings is 1. The van der Waals surface area contributed by atoms with Crippen LogP contribution in [-0.2, 0) is 23.7 Å². The van der Waals surface area contributed by atoms with Gasteiger partial charge in [0, 0.05) is 47.9 Å². The summed E-state index contributed by atoms with van der Waals surface area (Å²) in [5, 5.41) is 5.66. The Balaban J connectivity index is 1.34. The third-order valence-corrected chi connectivity index (χ3v) is 15.8. The zero-order chi connectivity index (χ0) is 42.0. The van der Waals surface area contributed by atoms with Gasteiger partial charge in [0.25, 0.3) is 0 Å². The number of pyridine rings is 1. The number of likely N-dealkylation sites (tertiary alicyclic amines) is 1. The summed E-state index contributed by atoms with van der Waals surface area (Å²) >= 11 is 1.48. The molecular weight excluding hydrogens is 776 g/mol. The number of ether oxygens (including phenoxy) is 3. The van der Waals surface area contributed by atoms with E-state index in [1.165, 1.54) is 11.3 Å². The number of allylic oxidation sites excluding steroid dienone is 1. The first-order valence-corrected chi connectivity index (χ1v) is 23.6. The second kappa shape index (κ2) is 17.8. The zero-order valence-corrected chi connectivity index (χ0v) is 36.8. The summed E-state index contributed by atoms with van der Waals surface area (Å²) in [6.45, 7) is 15.8. The van der Waals surface area contributed by atoms with E-state index < -0.39 is 42.0 Å². The fourth-order valence-corrected chi connectivity index (χ4v) is 12.1. The summed E-state index contributed by atoms with van der Waals surface area (Å²) < 4.78 is 32.1. The van der Waals surface area contributed by atoms with Crippen molar-refractivity contribution < 1.29 is 38.1 Å². The second-order valence-electron chi connectivity index (χ2n) is 17.8. The summed E-state index contributed by atoms with van der Waals surface area (Å²) in [6, 6.07) is 6.64. The normalized spacial score (nSPS) is 23.7. The Kier molecular flexibility index (Phi) is 13.4. The number of aromatic nitrogens is 2. The lowest BCUT2D eigenvalue weighted by atomic mass is 9.77. The van der Waals surface area contributed by atoms with E-state index in [2.05, 4.69) is 11.9 Å². The molecule has 12 nitrogen and oxygen atoms in total. The Bertz CT molecular complexity index is 2040. The number of Topliss-reactive ketones (excluding diaryl/α,β-unsaturated/α-hetero) is 1. The minimum atomic E-state index is -3.75. The highest BCUT2D eigenvalue weighted by Gasteiger charge is 2.65. The number of anilines is 1. The first-order valence-electron chi connectivity index (χ1n) is 20.8. The number of esters is 1. The van der Waals surface area contributed by atoms with E-state index in [0.717, 1.165) is 42.6 Å². The van der Waals surface area contributed by atoms with Gasteiger partial charge < -0.3 is 29.3 Å². The molecule has 2 aliphatic carbocycles. The Hall–Kier alpha value is -3.80. The van der Waals surface area contributed by atoms with Gasteiger partial charge in [0.15, 0.2) is 10.9 Å². The first kappa shape index (κ1) is 43.8. The number of thiazole rings is 1. The molecular formula is C44H61N4O8PS. The molecule has 3 aliphatic rings. The van der Waals surface area contributed by atoms with Crippen LogP contribution in [0.25, 0.3) is 22.3 Å². The third-order valence-electron chi connectivity index (χ3n) is 12.1. The number of carbonyl (C=O) groups excluding carboxylic acids is 3. The molecule has 1 aliphatic heterocycles. The number of carbonyl (C=O) groups is 3. The van der Waals surface area contributed by atoms with Gasteiger partial charge in [-0.3, -0.25) is 18.9 Å². The largest absolute Gasteiger partial charge is 0.497 e. The molecule has 3 fully saturated rings. The molecule has 1 unspecified atom stereocenters. The van der Waals surface area contributed by atoms with Crippen molar-refractivity contribution in [2.75, 3.05) is 25.1 Å². The molecule has 1 amide bonds. The van der Waals surface area contributed by atoms with Crippen molar-refractivity contribution in [3.63, 3.8) is 0 Å². The Labute approximate surface area is 347 Å². The van der Waals surface area contributed by atoms with Gasteiger partial charge in [0.05, 0.1) is 48.4 Å². The molecule has 0 spiro atoms. The number of hydrogen-bond acceptors (Lipinski definition) is 11. The lowest BCUT2D eigenvalue weighted by Gasteiger charge is -2.35. The molecule has 0 bridgehead atoms. The molecule has 1 saturated heterocycles. The number of amides is 1. The van der Waals surface area contributed by atoms with Crippen molar-refractivity contribution >= 4 is 52.4 Å². The smallest absolute Gasteiger partial charge is 0.306 e. The number of nitrogens with one attached hydrogen (secondary N) is 1. The molecule has 58 heavy (non-hydrogen) atoms. The van der Waals surface area contributed by atoms with Gasteiger partial charge in [0.1, 0.15) is 29.4 Å². The maximum absolute atomic E-state index is 14.9. The zero-order valence-electron chi connectivity index (χ0n) is 35.1. The SMILES string of the molecule is C=C[C@@H]1C[C@]1(CC(=O)[C@@H]1C[C@@H](Oc2cc(-c3csc(NC(C)C)n3)nc3cc(OC)ccc23)CN1C(=O)[C@@H](CC(=O)OC1CCCC1)C(C)(C)C)P(=O)(O)CCCC. The van der Waals surface area contributed by atoms with Crippen molar-refractivity contribution in [3.8, 4) is 22.9 Å². The number of ketones is 1. The molecule has 2 N–H and O–H groups in total. The van der Waals surface area contributed by atoms with Gasteiger partial charge in [-0.2, -0.15) is 0 Å². The molecule has 3 heterocycles. The van der Waals surface area contributed by atoms with Gasteiger partial charge in [-0.1, -0.05) is 40.2 Å². The monoisotopic (exact) mass is 836 g/mol. The quantitative estimate of drug-likeness (QED) is 0.0716. The van der Waals surface area contributed by atoms with E-state index >= 15 is 0 Å².